The van der Waals surface area contributed by atoms with Gasteiger partial charge in [-0.05, 0) is 112 Å². The lowest BCUT2D eigenvalue weighted by Crippen LogP contribution is -2.64. The number of aromatic nitrogens is 2. The predicted octanol–water partition coefficient (Wildman–Crippen LogP) is -2.44. The molecule has 1 aliphatic carbocycles. The number of aliphatic hydroxyl groups excluding tert-OH is 6. The maximum absolute atomic E-state index is 14.7. The van der Waals surface area contributed by atoms with Gasteiger partial charge in [-0.1, -0.05) is 43.6 Å². The summed E-state index contributed by atoms with van der Waals surface area (Å²) < 4.78 is 43.1. The van der Waals surface area contributed by atoms with Crippen LogP contribution in [0.5, 0.6) is 11.5 Å². The quantitative estimate of drug-likeness (QED) is 0.0624. The first-order valence-corrected chi connectivity index (χ1v) is 34.2. The number of β-amino-alcohol motifs (C(OH)–C–C–N with tert-alkyl or cyclic N) is 1. The average Bonchev–Trinajstić information content (AvgIpc) is 1.47. The number of phenolic OH excluding ortho intramolecular Hbond substituents is 1. The van der Waals surface area contributed by atoms with Crippen LogP contribution >= 0.6 is 11.3 Å². The number of methoxy groups -OCH3 is 1. The molecule has 15 N–H and O–H groups in total. The van der Waals surface area contributed by atoms with Crippen LogP contribution in [0.15, 0.2) is 42.5 Å². The highest BCUT2D eigenvalue weighted by atomic mass is 32.3. The second kappa shape index (κ2) is 30.9. The summed E-state index contributed by atoms with van der Waals surface area (Å²) >= 11 is 1.48. The molecule has 13 atom stereocenters. The number of piperidine rings is 2. The van der Waals surface area contributed by atoms with Crippen molar-refractivity contribution >= 4 is 73.9 Å². The molecule has 518 valence electrons. The predicted molar refractivity (Wildman–Crippen MR) is 338 cm³/mol. The number of carbonyl (C=O) groups is 7. The molecule has 6 fully saturated rings. The van der Waals surface area contributed by atoms with Crippen LogP contribution in [0.3, 0.4) is 0 Å². The number of rotatable bonds is 17. The first kappa shape index (κ1) is 71.4. The van der Waals surface area contributed by atoms with Crippen molar-refractivity contribution in [3.8, 4) is 22.1 Å². The molecule has 0 spiro atoms. The van der Waals surface area contributed by atoms with Crippen molar-refractivity contribution in [1.29, 1.82) is 0 Å². The fourth-order valence-corrected chi connectivity index (χ4v) is 15.2. The van der Waals surface area contributed by atoms with E-state index >= 15 is 0 Å². The van der Waals surface area contributed by atoms with E-state index in [4.69, 9.17) is 10.5 Å². The topological polar surface area (TPSA) is 459 Å². The molecule has 33 heteroatoms. The van der Waals surface area contributed by atoms with Crippen molar-refractivity contribution in [2.75, 3.05) is 69.3 Å². The number of hydrogen-bond donors (Lipinski definition) is 14. The minimum Gasteiger partial charge on any atom is -0.504 e. The number of aliphatic hydroxyl groups is 6. The van der Waals surface area contributed by atoms with Crippen molar-refractivity contribution in [2.24, 2.45) is 23.5 Å². The van der Waals surface area contributed by atoms with Crippen molar-refractivity contribution in [1.82, 2.24) is 46.6 Å². The van der Waals surface area contributed by atoms with Crippen LogP contribution < -0.4 is 46.3 Å². The molecule has 5 aliphatic heterocycles. The number of nitrogens with one attached hydrogen (secondary N) is 5. The lowest BCUT2D eigenvalue weighted by atomic mass is 9.72. The van der Waals surface area contributed by atoms with E-state index in [1.807, 2.05) is 7.11 Å². The molecule has 0 unspecified atom stereocenters. The van der Waals surface area contributed by atoms with Crippen LogP contribution in [0.1, 0.15) is 96.5 Å². The van der Waals surface area contributed by atoms with E-state index in [0.29, 0.717) is 31.8 Å². The molecule has 6 aliphatic rings. The van der Waals surface area contributed by atoms with Gasteiger partial charge in [0.05, 0.1) is 54.7 Å². The van der Waals surface area contributed by atoms with Crippen molar-refractivity contribution in [2.45, 2.75) is 176 Å². The number of carbonyl (C=O) groups excluding carboxylic acids is 7. The van der Waals surface area contributed by atoms with Gasteiger partial charge in [-0.15, -0.1) is 10.2 Å². The largest absolute Gasteiger partial charge is 0.504 e. The number of aromatic hydroxyl groups is 1. The second-order valence-corrected chi connectivity index (χ2v) is 27.9. The summed E-state index contributed by atoms with van der Waals surface area (Å²) in [6.45, 7) is 4.34. The number of fused-ring (bicyclic) bond motifs is 2. The van der Waals surface area contributed by atoms with Gasteiger partial charge in [0.1, 0.15) is 35.2 Å². The van der Waals surface area contributed by atoms with Crippen LogP contribution in [-0.2, 0) is 55.1 Å². The molecule has 31 nitrogen and oxygen atoms in total. The molecule has 0 bridgehead atoms. The van der Waals surface area contributed by atoms with Gasteiger partial charge < -0.3 is 96.6 Å². The van der Waals surface area contributed by atoms with Gasteiger partial charge in [0.2, 0.25) is 46.5 Å². The summed E-state index contributed by atoms with van der Waals surface area (Å²) in [5, 5.41) is 102. The third-order valence-corrected chi connectivity index (χ3v) is 20.7. The number of amides is 7. The first-order valence-electron chi connectivity index (χ1n) is 32.0. The minimum absolute atomic E-state index is 0.0434. The Hall–Kier alpha value is -6.92. The highest BCUT2D eigenvalue weighted by Crippen LogP contribution is 2.43. The third kappa shape index (κ3) is 17.2. The highest BCUT2D eigenvalue weighted by molar-refractivity contribution is 7.81. The van der Waals surface area contributed by atoms with E-state index in [1.54, 1.807) is 0 Å². The molecule has 0 radical (unpaired) electrons. The lowest BCUT2D eigenvalue weighted by Gasteiger charge is -2.47. The molecule has 2 aromatic carbocycles. The number of nitrogens with two attached hydrogens (primary N) is 1. The molecule has 9 rings (SSSR count). The highest BCUT2D eigenvalue weighted by Gasteiger charge is 2.50. The zero-order valence-electron chi connectivity index (χ0n) is 52.7. The summed E-state index contributed by atoms with van der Waals surface area (Å²) in [5.74, 6) is -10.1. The third-order valence-electron chi connectivity index (χ3n) is 19.3. The zero-order valence-corrected chi connectivity index (χ0v) is 54.3. The van der Waals surface area contributed by atoms with E-state index in [2.05, 4.69) is 75.0 Å². The van der Waals surface area contributed by atoms with Gasteiger partial charge in [-0.25, -0.2) is 0 Å². The van der Waals surface area contributed by atoms with E-state index in [-0.39, 0.29) is 30.2 Å². The number of anilines is 2. The standard InChI is InChI=1S/C61H88N12O19S2/c1-32-30-73-51(52(32)81)56(85)64-29-39(75)25-41(63-28-34-15-19-71(20-16-34)60-69-68-57(93-60)36-10-12-38(13-11-36)70-21-17-61(91-3,18-22-70)37-7-5-4-6-8-37)53(82)65-48(33(2)74)58(86)72-31-40(76)26-42(72)54(83)66-49(55(84)67-50(59(73)87)45(79)27-47(62)80)44(78)23-35-9-14-43(77)46(24-35)92-94(88,89)90/h9-14,24,32-34,37,39-42,44-45,48-52,63,74-79,81H,4-8,15-23,25-31H2,1-3H3,(H2,62,80)(H,64,85)(H,65,82)(H,66,83)(H,67,84)(H,88,89,90)/t32-,33+,39+,40+,41-,42-,44+,45+,48-,49-,50-,51-,52-/m0/s1. The Morgan fingerprint density at radius 1 is 0.787 bits per heavy atom. The Morgan fingerprint density at radius 3 is 2.10 bits per heavy atom. The molecule has 6 heterocycles. The Morgan fingerprint density at radius 2 is 1.45 bits per heavy atom. The van der Waals surface area contributed by atoms with E-state index < -0.39 is 181 Å². The summed E-state index contributed by atoms with van der Waals surface area (Å²) in [5.41, 5.74) is 7.34. The fourth-order valence-electron chi connectivity index (χ4n) is 14.0. The smallest absolute Gasteiger partial charge is 0.446 e. The van der Waals surface area contributed by atoms with Gasteiger partial charge in [-0.3, -0.25) is 38.1 Å². The van der Waals surface area contributed by atoms with Crippen molar-refractivity contribution in [3.05, 3.63) is 48.0 Å². The van der Waals surface area contributed by atoms with Gasteiger partial charge in [0.15, 0.2) is 11.5 Å². The summed E-state index contributed by atoms with van der Waals surface area (Å²) in [7, 11) is -3.35. The number of hydrogen-bond acceptors (Lipinski definition) is 24. The van der Waals surface area contributed by atoms with Gasteiger partial charge in [0.25, 0.3) is 0 Å². The SMILES string of the molecule is COC1(C2CCCCC2)CCN(c2ccc(-c3nnc(N4CCC(CN[C@H]5C[C@@H](O)CNC(=O)[C@@H]6[C@@H](O)[C@@H](C)CN6C(=O)[C@H]([C@H](O)CC(N)=O)NC(=O)[C@H]([C@H](O)Cc6ccc(O)c(OS(=O)(=O)O)c6)NC(=O)[C@@H]6C[C@@H](O)CN6C(=O)[C@H]([C@@H](C)O)NC5=O)CC4)s3)cc2)CC1. The number of nitrogens with zero attached hydrogens (tertiary/aromatic N) is 6. The van der Waals surface area contributed by atoms with Crippen LogP contribution in [-0.4, -0.2) is 248 Å². The molecular weight excluding hydrogens is 1270 g/mol. The lowest BCUT2D eigenvalue weighted by molar-refractivity contribution is -0.147. The first-order chi connectivity index (χ1) is 44.6. The summed E-state index contributed by atoms with van der Waals surface area (Å²) in [4.78, 5) is 106. The van der Waals surface area contributed by atoms with Crippen molar-refractivity contribution in [3.63, 3.8) is 0 Å². The van der Waals surface area contributed by atoms with E-state index in [0.717, 1.165) is 75.3 Å². The molecule has 1 aromatic heterocycles. The van der Waals surface area contributed by atoms with Gasteiger partial charge in [0, 0.05) is 82.9 Å². The van der Waals surface area contributed by atoms with Crippen LogP contribution in [0.4, 0.5) is 10.8 Å². The van der Waals surface area contributed by atoms with Crippen molar-refractivity contribution < 1.29 is 91.2 Å². The molecule has 7 amide bonds. The molecular formula is C61H88N12O19S2. The maximum Gasteiger partial charge on any atom is 0.446 e. The molecule has 94 heavy (non-hydrogen) atoms. The monoisotopic (exact) mass is 1360 g/mol. The second-order valence-electron chi connectivity index (χ2n) is 25.9. The van der Waals surface area contributed by atoms with Gasteiger partial charge >= 0.3 is 10.4 Å². The fraction of sp³-hybridized carbons (Fsp3) is 0.656. The molecule has 5 saturated heterocycles. The van der Waals surface area contributed by atoms with Crippen LogP contribution in [0, 0.1) is 17.8 Å². The number of phenols is 1. The zero-order chi connectivity index (χ0) is 67.9. The van der Waals surface area contributed by atoms with Crippen LogP contribution in [0.25, 0.3) is 10.6 Å². The average molecular weight is 1360 g/mol. The minimum atomic E-state index is -5.22. The number of benzene rings is 2. The Labute approximate surface area is 548 Å². The number of primary amides is 1. The summed E-state index contributed by atoms with van der Waals surface area (Å²) in [6.07, 6.45) is -3.67. The van der Waals surface area contributed by atoms with Gasteiger partial charge in [-0.2, -0.15) is 8.42 Å². The Kier molecular flexibility index (Phi) is 23.4. The van der Waals surface area contributed by atoms with Crippen LogP contribution in [0.2, 0.25) is 0 Å². The summed E-state index contributed by atoms with van der Waals surface area (Å²) in [6, 6.07) is 0.167. The maximum atomic E-state index is 14.7. The Balaban J connectivity index is 0.918. The number of ether oxygens (including phenoxy) is 1. The normalized spacial score (nSPS) is 28.7. The molecule has 3 aromatic rings. The molecule has 1 saturated carbocycles. The Bertz CT molecular complexity index is 3290. The van der Waals surface area contributed by atoms with E-state index in [9.17, 15) is 82.3 Å². The van der Waals surface area contributed by atoms with E-state index in [1.165, 1.54) is 57.3 Å².